The van der Waals surface area contributed by atoms with Gasteiger partial charge in [0.15, 0.2) is 0 Å². The molecule has 90 valence electrons. The lowest BCUT2D eigenvalue weighted by atomic mass is 10.2. The van der Waals surface area contributed by atoms with Gasteiger partial charge in [-0.15, -0.1) is 0 Å². The lowest BCUT2D eigenvalue weighted by Crippen LogP contribution is -2.06. The van der Waals surface area contributed by atoms with E-state index in [1.807, 2.05) is 31.3 Å². The van der Waals surface area contributed by atoms with Gasteiger partial charge in [-0.3, -0.25) is 0 Å². The first-order valence-corrected chi connectivity index (χ1v) is 5.60. The van der Waals surface area contributed by atoms with Gasteiger partial charge in [-0.1, -0.05) is 18.2 Å². The van der Waals surface area contributed by atoms with Crippen molar-refractivity contribution in [2.24, 2.45) is 0 Å². The number of hydrogen-bond acceptors (Lipinski definition) is 4. The van der Waals surface area contributed by atoms with Gasteiger partial charge in [-0.25, -0.2) is 4.98 Å². The molecule has 0 spiro atoms. The third-order valence-corrected chi connectivity index (χ3v) is 2.44. The molecular weight excluding hydrogens is 226 g/mol. The highest BCUT2D eigenvalue weighted by Gasteiger charge is 2.08. The number of aromatic nitrogens is 1. The number of nitrogens with zero attached hydrogens (tertiary/aromatic N) is 2. The van der Waals surface area contributed by atoms with Crippen molar-refractivity contribution in [3.8, 4) is 17.7 Å². The zero-order valence-electron chi connectivity index (χ0n) is 10.1. The number of nitriles is 1. The fourth-order valence-corrected chi connectivity index (χ4v) is 1.60. The number of benzene rings is 1. The Kier molecular flexibility index (Phi) is 3.90. The molecule has 2 aromatic rings. The third-order valence-electron chi connectivity index (χ3n) is 2.44. The molecule has 1 aromatic heterocycles. The molecule has 4 nitrogen and oxygen atoms in total. The van der Waals surface area contributed by atoms with Crippen LogP contribution in [0, 0.1) is 11.3 Å². The van der Waals surface area contributed by atoms with Gasteiger partial charge in [0.25, 0.3) is 0 Å². The van der Waals surface area contributed by atoms with E-state index in [9.17, 15) is 0 Å². The van der Waals surface area contributed by atoms with Crippen LogP contribution >= 0.6 is 0 Å². The molecule has 1 aromatic carbocycles. The van der Waals surface area contributed by atoms with Gasteiger partial charge in [0.05, 0.1) is 0 Å². The molecule has 18 heavy (non-hydrogen) atoms. The summed E-state index contributed by atoms with van der Waals surface area (Å²) in [4.78, 5) is 4.08. The van der Waals surface area contributed by atoms with E-state index >= 15 is 0 Å². The molecule has 0 fully saturated rings. The number of hydrogen-bond donors (Lipinski definition) is 1. The second-order valence-electron chi connectivity index (χ2n) is 3.71. The molecule has 1 heterocycles. The summed E-state index contributed by atoms with van der Waals surface area (Å²) in [6.45, 7) is 0.699. The van der Waals surface area contributed by atoms with Gasteiger partial charge >= 0.3 is 0 Å². The lowest BCUT2D eigenvalue weighted by molar-refractivity contribution is 0.454. The van der Waals surface area contributed by atoms with Crippen LogP contribution in [0.25, 0.3) is 0 Å². The van der Waals surface area contributed by atoms with Crippen LogP contribution in [0.1, 0.15) is 11.1 Å². The van der Waals surface area contributed by atoms with Crippen molar-refractivity contribution in [2.45, 2.75) is 6.54 Å². The summed E-state index contributed by atoms with van der Waals surface area (Å²) >= 11 is 0. The number of rotatable bonds is 4. The molecule has 0 radical (unpaired) electrons. The quantitative estimate of drug-likeness (QED) is 0.890. The average Bonchev–Trinajstić information content (AvgIpc) is 2.42. The van der Waals surface area contributed by atoms with E-state index in [1.165, 1.54) is 0 Å². The fraction of sp³-hybridized carbons (Fsp3) is 0.143. The van der Waals surface area contributed by atoms with Gasteiger partial charge in [0, 0.05) is 18.3 Å². The standard InChI is InChI=1S/C14H13N3O/c1-16-10-12-5-2-3-7-13(12)18-14-11(9-15)6-4-8-17-14/h2-8,16H,10H2,1H3. The third kappa shape index (κ3) is 2.65. The first kappa shape index (κ1) is 12.1. The molecule has 0 atom stereocenters. The largest absolute Gasteiger partial charge is 0.437 e. The molecule has 0 saturated heterocycles. The molecule has 4 heteroatoms. The molecule has 0 unspecified atom stereocenters. The number of para-hydroxylation sites is 1. The highest BCUT2D eigenvalue weighted by molar-refractivity contribution is 5.42. The van der Waals surface area contributed by atoms with E-state index < -0.39 is 0 Å². The molecular formula is C14H13N3O. The van der Waals surface area contributed by atoms with E-state index in [-0.39, 0.29) is 0 Å². The van der Waals surface area contributed by atoms with Crippen LogP contribution in [0.4, 0.5) is 0 Å². The highest BCUT2D eigenvalue weighted by Crippen LogP contribution is 2.25. The summed E-state index contributed by atoms with van der Waals surface area (Å²) in [5, 5.41) is 12.1. The van der Waals surface area contributed by atoms with Crippen LogP contribution in [0.2, 0.25) is 0 Å². The molecule has 0 aliphatic heterocycles. The van der Waals surface area contributed by atoms with Crippen LogP contribution in [-0.2, 0) is 6.54 Å². The summed E-state index contributed by atoms with van der Waals surface area (Å²) in [5.74, 6) is 1.05. The topological polar surface area (TPSA) is 57.9 Å². The van der Waals surface area contributed by atoms with E-state index in [0.717, 1.165) is 5.56 Å². The molecule has 0 aliphatic rings. The Morgan fingerprint density at radius 3 is 2.89 bits per heavy atom. The second kappa shape index (κ2) is 5.80. The molecule has 2 rings (SSSR count). The Morgan fingerprint density at radius 1 is 1.28 bits per heavy atom. The number of pyridine rings is 1. The van der Waals surface area contributed by atoms with Crippen LogP contribution in [0.3, 0.4) is 0 Å². The Labute approximate surface area is 106 Å². The van der Waals surface area contributed by atoms with Crippen LogP contribution in [0.5, 0.6) is 11.6 Å². The summed E-state index contributed by atoms with van der Waals surface area (Å²) in [6, 6.07) is 13.1. The van der Waals surface area contributed by atoms with Crippen LogP contribution < -0.4 is 10.1 Å². The highest BCUT2D eigenvalue weighted by atomic mass is 16.5. The molecule has 0 bridgehead atoms. The van der Waals surface area contributed by atoms with Gasteiger partial charge in [0.2, 0.25) is 5.88 Å². The predicted octanol–water partition coefficient (Wildman–Crippen LogP) is 2.46. The Balaban J connectivity index is 2.31. The minimum Gasteiger partial charge on any atom is -0.437 e. The van der Waals surface area contributed by atoms with Gasteiger partial charge < -0.3 is 10.1 Å². The van der Waals surface area contributed by atoms with E-state index in [0.29, 0.717) is 23.7 Å². The smallest absolute Gasteiger partial charge is 0.237 e. The van der Waals surface area contributed by atoms with Crippen LogP contribution in [0.15, 0.2) is 42.6 Å². The van der Waals surface area contributed by atoms with Gasteiger partial charge in [0.1, 0.15) is 17.4 Å². The fourth-order valence-electron chi connectivity index (χ4n) is 1.60. The summed E-state index contributed by atoms with van der Waals surface area (Å²) in [6.07, 6.45) is 1.61. The monoisotopic (exact) mass is 239 g/mol. The zero-order valence-corrected chi connectivity index (χ0v) is 10.1. The van der Waals surface area contributed by atoms with Crippen molar-refractivity contribution in [2.75, 3.05) is 7.05 Å². The minimum absolute atomic E-state index is 0.337. The number of ether oxygens (including phenoxy) is 1. The van der Waals surface area contributed by atoms with Gasteiger partial charge in [-0.05, 0) is 25.2 Å². The molecule has 0 aliphatic carbocycles. The van der Waals surface area contributed by atoms with E-state index in [1.54, 1.807) is 18.3 Å². The lowest BCUT2D eigenvalue weighted by Gasteiger charge is -2.10. The normalized spacial score (nSPS) is 9.78. The van der Waals surface area contributed by atoms with Crippen molar-refractivity contribution in [3.05, 3.63) is 53.7 Å². The minimum atomic E-state index is 0.337. The maximum Gasteiger partial charge on any atom is 0.237 e. The van der Waals surface area contributed by atoms with E-state index in [2.05, 4.69) is 16.4 Å². The zero-order chi connectivity index (χ0) is 12.8. The molecule has 0 saturated carbocycles. The molecule has 0 amide bonds. The Morgan fingerprint density at radius 2 is 2.11 bits per heavy atom. The van der Waals surface area contributed by atoms with Crippen LogP contribution in [-0.4, -0.2) is 12.0 Å². The maximum absolute atomic E-state index is 8.99. The average molecular weight is 239 g/mol. The molecule has 1 N–H and O–H groups in total. The van der Waals surface area contributed by atoms with Crippen molar-refractivity contribution < 1.29 is 4.74 Å². The van der Waals surface area contributed by atoms with E-state index in [4.69, 9.17) is 10.00 Å². The van der Waals surface area contributed by atoms with Crippen molar-refractivity contribution in [3.63, 3.8) is 0 Å². The first-order chi connectivity index (χ1) is 8.85. The van der Waals surface area contributed by atoms with Gasteiger partial charge in [-0.2, -0.15) is 5.26 Å². The Hall–Kier alpha value is -2.38. The second-order valence-corrected chi connectivity index (χ2v) is 3.71. The van der Waals surface area contributed by atoms with Crippen molar-refractivity contribution in [1.82, 2.24) is 10.3 Å². The summed E-state index contributed by atoms with van der Waals surface area (Å²) < 4.78 is 5.71. The Bertz CT molecular complexity index is 575. The first-order valence-electron chi connectivity index (χ1n) is 5.60. The summed E-state index contributed by atoms with van der Waals surface area (Å²) in [7, 11) is 1.87. The maximum atomic E-state index is 8.99. The predicted molar refractivity (Wildman–Crippen MR) is 68.2 cm³/mol. The van der Waals surface area contributed by atoms with Crippen molar-refractivity contribution >= 4 is 0 Å². The van der Waals surface area contributed by atoms with Crippen molar-refractivity contribution in [1.29, 1.82) is 5.26 Å². The SMILES string of the molecule is CNCc1ccccc1Oc1ncccc1C#N. The summed E-state index contributed by atoms with van der Waals surface area (Å²) in [5.41, 5.74) is 1.45. The number of nitrogens with one attached hydrogen (secondary N) is 1.